The van der Waals surface area contributed by atoms with E-state index in [-0.39, 0.29) is 17.4 Å². The molecule has 1 saturated heterocycles. The topological polar surface area (TPSA) is 65.5 Å². The summed E-state index contributed by atoms with van der Waals surface area (Å²) < 4.78 is 0. The lowest BCUT2D eigenvalue weighted by atomic mass is 9.97. The van der Waals surface area contributed by atoms with Gasteiger partial charge in [-0.1, -0.05) is 13.8 Å². The SMILES string of the molecule is CC(C)CN1CCC[C@H](CNC(=O)c2ncccc2O)C1. The molecule has 1 fully saturated rings. The highest BCUT2D eigenvalue weighted by Crippen LogP contribution is 2.17. The van der Waals surface area contributed by atoms with Crippen molar-refractivity contribution >= 4 is 5.91 Å². The van der Waals surface area contributed by atoms with Crippen LogP contribution < -0.4 is 5.32 Å². The quantitative estimate of drug-likeness (QED) is 0.869. The van der Waals surface area contributed by atoms with Crippen molar-refractivity contribution < 1.29 is 9.90 Å². The molecule has 2 N–H and O–H groups in total. The molecule has 1 atom stereocenters. The molecule has 0 aromatic carbocycles. The van der Waals surface area contributed by atoms with E-state index in [4.69, 9.17) is 0 Å². The summed E-state index contributed by atoms with van der Waals surface area (Å²) in [4.78, 5) is 18.4. The van der Waals surface area contributed by atoms with Crippen LogP contribution in [0.15, 0.2) is 18.3 Å². The van der Waals surface area contributed by atoms with Crippen LogP contribution in [0, 0.1) is 11.8 Å². The zero-order valence-corrected chi connectivity index (χ0v) is 12.9. The second-order valence-corrected chi connectivity index (χ2v) is 6.24. The van der Waals surface area contributed by atoms with Crippen LogP contribution >= 0.6 is 0 Å². The van der Waals surface area contributed by atoms with Gasteiger partial charge in [-0.05, 0) is 43.4 Å². The summed E-state index contributed by atoms with van der Waals surface area (Å²) in [6, 6.07) is 3.09. The van der Waals surface area contributed by atoms with Gasteiger partial charge in [0.1, 0.15) is 5.75 Å². The van der Waals surface area contributed by atoms with E-state index in [1.165, 1.54) is 18.7 Å². The molecule has 1 aliphatic heterocycles. The van der Waals surface area contributed by atoms with Gasteiger partial charge in [0.15, 0.2) is 5.69 Å². The summed E-state index contributed by atoms with van der Waals surface area (Å²) in [6.45, 7) is 8.41. The normalized spacial score (nSPS) is 19.7. The van der Waals surface area contributed by atoms with Crippen LogP contribution in [0.4, 0.5) is 0 Å². The first-order chi connectivity index (χ1) is 10.1. The molecule has 2 heterocycles. The molecule has 0 radical (unpaired) electrons. The van der Waals surface area contributed by atoms with Crippen LogP contribution in [-0.2, 0) is 0 Å². The molecule has 1 amide bonds. The van der Waals surface area contributed by atoms with Crippen molar-refractivity contribution in [2.75, 3.05) is 26.2 Å². The van der Waals surface area contributed by atoms with Crippen molar-refractivity contribution in [3.63, 3.8) is 0 Å². The Balaban J connectivity index is 1.82. The molecular weight excluding hydrogens is 266 g/mol. The highest BCUT2D eigenvalue weighted by Gasteiger charge is 2.21. The number of piperidine rings is 1. The monoisotopic (exact) mass is 291 g/mol. The molecule has 1 aromatic heterocycles. The Hall–Kier alpha value is -1.62. The number of hydrogen-bond donors (Lipinski definition) is 2. The Bertz CT molecular complexity index is 476. The van der Waals surface area contributed by atoms with Crippen LogP contribution in [0.1, 0.15) is 37.2 Å². The van der Waals surface area contributed by atoms with Gasteiger partial charge in [0.25, 0.3) is 5.91 Å². The van der Waals surface area contributed by atoms with E-state index >= 15 is 0 Å². The summed E-state index contributed by atoms with van der Waals surface area (Å²) in [5.41, 5.74) is 0.104. The molecule has 5 heteroatoms. The second-order valence-electron chi connectivity index (χ2n) is 6.24. The molecule has 0 unspecified atom stereocenters. The van der Waals surface area contributed by atoms with Crippen LogP contribution in [0.5, 0.6) is 5.75 Å². The third-order valence-electron chi connectivity index (χ3n) is 3.78. The van der Waals surface area contributed by atoms with Crippen LogP contribution in [0.3, 0.4) is 0 Å². The number of amides is 1. The van der Waals surface area contributed by atoms with Crippen molar-refractivity contribution in [3.05, 3.63) is 24.0 Å². The van der Waals surface area contributed by atoms with Gasteiger partial charge in [0.2, 0.25) is 0 Å². The molecule has 1 aromatic rings. The zero-order chi connectivity index (χ0) is 15.2. The Morgan fingerprint density at radius 1 is 1.57 bits per heavy atom. The van der Waals surface area contributed by atoms with Crippen molar-refractivity contribution in [1.29, 1.82) is 0 Å². The Morgan fingerprint density at radius 3 is 3.10 bits per heavy atom. The Kier molecular flexibility index (Phi) is 5.56. The minimum atomic E-state index is -0.297. The molecule has 116 valence electrons. The predicted octanol–water partition coefficient (Wildman–Crippen LogP) is 1.89. The number of pyridine rings is 1. The van der Waals surface area contributed by atoms with E-state index < -0.39 is 0 Å². The molecule has 0 spiro atoms. The van der Waals surface area contributed by atoms with Crippen LogP contribution in [0.25, 0.3) is 0 Å². The molecule has 0 aliphatic carbocycles. The van der Waals surface area contributed by atoms with Gasteiger partial charge in [-0.3, -0.25) is 4.79 Å². The molecule has 2 rings (SSSR count). The average Bonchev–Trinajstić information content (AvgIpc) is 2.45. The standard InChI is InChI=1S/C16H25N3O2/c1-12(2)10-19-8-4-5-13(11-19)9-18-16(21)15-14(20)6-3-7-17-15/h3,6-7,12-13,20H,4-5,8-11H2,1-2H3,(H,18,21)/t13-/m1/s1. The third kappa shape index (κ3) is 4.70. The largest absolute Gasteiger partial charge is 0.505 e. The maximum atomic E-state index is 12.0. The number of rotatable bonds is 5. The summed E-state index contributed by atoms with van der Waals surface area (Å²) in [6.07, 6.45) is 3.84. The number of carbonyl (C=O) groups excluding carboxylic acids is 1. The summed E-state index contributed by atoms with van der Waals surface area (Å²) in [5, 5.41) is 12.5. The number of aromatic hydroxyl groups is 1. The van der Waals surface area contributed by atoms with Gasteiger partial charge in [0.05, 0.1) is 0 Å². The number of likely N-dealkylation sites (tertiary alicyclic amines) is 1. The van der Waals surface area contributed by atoms with Crippen molar-refractivity contribution in [1.82, 2.24) is 15.2 Å². The number of aromatic nitrogens is 1. The number of hydrogen-bond acceptors (Lipinski definition) is 4. The summed E-state index contributed by atoms with van der Waals surface area (Å²) >= 11 is 0. The van der Waals surface area contributed by atoms with E-state index in [0.717, 1.165) is 26.1 Å². The smallest absolute Gasteiger partial charge is 0.273 e. The van der Waals surface area contributed by atoms with Gasteiger partial charge >= 0.3 is 0 Å². The number of nitrogens with zero attached hydrogens (tertiary/aromatic N) is 2. The van der Waals surface area contributed by atoms with Gasteiger partial charge in [-0.15, -0.1) is 0 Å². The van der Waals surface area contributed by atoms with Gasteiger partial charge in [0, 0.05) is 25.8 Å². The first kappa shape index (κ1) is 15.8. The maximum absolute atomic E-state index is 12.0. The minimum absolute atomic E-state index is 0.0694. The molecule has 21 heavy (non-hydrogen) atoms. The van der Waals surface area contributed by atoms with E-state index in [1.54, 1.807) is 6.07 Å². The second kappa shape index (κ2) is 7.41. The van der Waals surface area contributed by atoms with E-state index in [2.05, 4.69) is 29.0 Å². The van der Waals surface area contributed by atoms with E-state index in [1.807, 2.05) is 0 Å². The maximum Gasteiger partial charge on any atom is 0.273 e. The Labute approximate surface area is 126 Å². The summed E-state index contributed by atoms with van der Waals surface area (Å²) in [7, 11) is 0. The lowest BCUT2D eigenvalue weighted by Crippen LogP contribution is -2.42. The molecule has 5 nitrogen and oxygen atoms in total. The lowest BCUT2D eigenvalue weighted by molar-refractivity contribution is 0.0921. The van der Waals surface area contributed by atoms with Gasteiger partial charge in [-0.2, -0.15) is 0 Å². The third-order valence-corrected chi connectivity index (χ3v) is 3.78. The summed E-state index contributed by atoms with van der Waals surface area (Å²) in [5.74, 6) is 0.783. The molecule has 1 aliphatic rings. The zero-order valence-electron chi connectivity index (χ0n) is 12.9. The van der Waals surface area contributed by atoms with E-state index in [9.17, 15) is 9.90 Å². The van der Waals surface area contributed by atoms with Crippen molar-refractivity contribution in [2.24, 2.45) is 11.8 Å². The molecular formula is C16H25N3O2. The fraction of sp³-hybridized carbons (Fsp3) is 0.625. The highest BCUT2D eigenvalue weighted by atomic mass is 16.3. The fourth-order valence-corrected chi connectivity index (χ4v) is 2.89. The van der Waals surface area contributed by atoms with Gasteiger partial charge < -0.3 is 15.3 Å². The van der Waals surface area contributed by atoms with Crippen molar-refractivity contribution in [3.8, 4) is 5.75 Å². The molecule has 0 saturated carbocycles. The predicted molar refractivity (Wildman–Crippen MR) is 82.2 cm³/mol. The first-order valence-electron chi connectivity index (χ1n) is 7.70. The average molecular weight is 291 g/mol. The van der Waals surface area contributed by atoms with Crippen LogP contribution in [0.2, 0.25) is 0 Å². The number of nitrogens with one attached hydrogen (secondary N) is 1. The van der Waals surface area contributed by atoms with Crippen LogP contribution in [-0.4, -0.2) is 47.1 Å². The van der Waals surface area contributed by atoms with Gasteiger partial charge in [-0.25, -0.2) is 4.98 Å². The first-order valence-corrected chi connectivity index (χ1v) is 7.70. The highest BCUT2D eigenvalue weighted by molar-refractivity contribution is 5.94. The fourth-order valence-electron chi connectivity index (χ4n) is 2.89. The Morgan fingerprint density at radius 2 is 2.38 bits per heavy atom. The van der Waals surface area contributed by atoms with Crippen molar-refractivity contribution in [2.45, 2.75) is 26.7 Å². The molecule has 0 bridgehead atoms. The minimum Gasteiger partial charge on any atom is -0.505 e. The number of carbonyl (C=O) groups is 1. The lowest BCUT2D eigenvalue weighted by Gasteiger charge is -2.33. The van der Waals surface area contributed by atoms with E-state index in [0.29, 0.717) is 18.4 Å².